The lowest BCUT2D eigenvalue weighted by molar-refractivity contribution is -0.384. The average molecular weight is 292 g/mol. The molecule has 0 saturated heterocycles. The van der Waals surface area contributed by atoms with Gasteiger partial charge in [0.15, 0.2) is 0 Å². The van der Waals surface area contributed by atoms with Gasteiger partial charge >= 0.3 is 0 Å². The minimum atomic E-state index is -0.753. The summed E-state index contributed by atoms with van der Waals surface area (Å²) in [4.78, 5) is 10.5. The molecule has 0 N–H and O–H groups in total. The molecular formula is C13H6F2N2O2S. The van der Waals surface area contributed by atoms with Gasteiger partial charge in [0, 0.05) is 28.0 Å². The Kier molecular flexibility index (Phi) is 3.96. The normalized spacial score (nSPS) is 10.1. The van der Waals surface area contributed by atoms with Gasteiger partial charge in [0.1, 0.15) is 17.7 Å². The summed E-state index contributed by atoms with van der Waals surface area (Å²) >= 11 is 0.908. The summed E-state index contributed by atoms with van der Waals surface area (Å²) in [6, 6.07) is 8.61. The Morgan fingerprint density at radius 2 is 1.85 bits per heavy atom. The summed E-state index contributed by atoms with van der Waals surface area (Å²) in [5.74, 6) is -1.45. The van der Waals surface area contributed by atoms with E-state index in [1.165, 1.54) is 18.2 Å². The van der Waals surface area contributed by atoms with Gasteiger partial charge in [-0.25, -0.2) is 8.78 Å². The Morgan fingerprint density at radius 3 is 2.45 bits per heavy atom. The summed E-state index contributed by atoms with van der Waals surface area (Å²) in [7, 11) is 0. The molecule has 0 aliphatic heterocycles. The van der Waals surface area contributed by atoms with Crippen molar-refractivity contribution in [3.05, 3.63) is 63.7 Å². The number of hydrogen-bond acceptors (Lipinski definition) is 4. The van der Waals surface area contributed by atoms with Crippen LogP contribution in [0.4, 0.5) is 14.5 Å². The highest BCUT2D eigenvalue weighted by Gasteiger charge is 2.13. The van der Waals surface area contributed by atoms with Crippen LogP contribution in [0.25, 0.3) is 0 Å². The fourth-order valence-corrected chi connectivity index (χ4v) is 2.36. The summed E-state index contributed by atoms with van der Waals surface area (Å²) in [5, 5.41) is 19.6. The van der Waals surface area contributed by atoms with E-state index in [9.17, 15) is 18.9 Å². The van der Waals surface area contributed by atoms with Crippen LogP contribution in [0.2, 0.25) is 0 Å². The van der Waals surface area contributed by atoms with Gasteiger partial charge in [-0.1, -0.05) is 11.8 Å². The minimum Gasteiger partial charge on any atom is -0.258 e. The monoisotopic (exact) mass is 292 g/mol. The Morgan fingerprint density at radius 1 is 1.15 bits per heavy atom. The van der Waals surface area contributed by atoms with Crippen molar-refractivity contribution in [2.24, 2.45) is 0 Å². The van der Waals surface area contributed by atoms with E-state index in [0.29, 0.717) is 4.90 Å². The molecule has 4 nitrogen and oxygen atoms in total. The van der Waals surface area contributed by atoms with Gasteiger partial charge < -0.3 is 0 Å². The van der Waals surface area contributed by atoms with E-state index in [-0.39, 0.29) is 16.1 Å². The van der Waals surface area contributed by atoms with E-state index in [2.05, 4.69) is 0 Å². The average Bonchev–Trinajstić information content (AvgIpc) is 2.42. The molecule has 0 bridgehead atoms. The molecule has 0 spiro atoms. The van der Waals surface area contributed by atoms with Gasteiger partial charge in [-0.15, -0.1) is 0 Å². The first-order valence-corrected chi connectivity index (χ1v) is 6.14. The SMILES string of the molecule is N#Cc1cc([N+](=O)[O-])ccc1Sc1ccc(F)cc1F. The summed E-state index contributed by atoms with van der Waals surface area (Å²) < 4.78 is 26.3. The maximum atomic E-state index is 13.5. The molecule has 100 valence electrons. The van der Waals surface area contributed by atoms with Gasteiger partial charge in [0.2, 0.25) is 0 Å². The number of nitro benzene ring substituents is 1. The second-order valence-electron chi connectivity index (χ2n) is 3.73. The van der Waals surface area contributed by atoms with Gasteiger partial charge in [-0.2, -0.15) is 5.26 Å². The zero-order valence-corrected chi connectivity index (χ0v) is 10.7. The van der Waals surface area contributed by atoms with E-state index in [1.807, 2.05) is 6.07 Å². The zero-order valence-electron chi connectivity index (χ0n) is 9.84. The molecule has 0 fully saturated rings. The van der Waals surface area contributed by atoms with Crippen LogP contribution >= 0.6 is 11.8 Å². The number of non-ortho nitro benzene ring substituents is 1. The lowest BCUT2D eigenvalue weighted by Crippen LogP contribution is -1.91. The number of nitriles is 1. The molecule has 7 heteroatoms. The van der Waals surface area contributed by atoms with Crippen molar-refractivity contribution < 1.29 is 13.7 Å². The number of hydrogen-bond donors (Lipinski definition) is 0. The fraction of sp³-hybridized carbons (Fsp3) is 0. The van der Waals surface area contributed by atoms with Crippen molar-refractivity contribution in [1.29, 1.82) is 5.26 Å². The van der Waals surface area contributed by atoms with Crippen molar-refractivity contribution in [3.8, 4) is 6.07 Å². The third-order valence-electron chi connectivity index (χ3n) is 2.41. The smallest absolute Gasteiger partial charge is 0.258 e. The molecule has 0 aromatic heterocycles. The molecule has 0 amide bonds. The number of nitrogens with zero attached hydrogens (tertiary/aromatic N) is 2. The van der Waals surface area contributed by atoms with Crippen LogP contribution in [0.3, 0.4) is 0 Å². The first-order chi connectivity index (χ1) is 9.51. The second kappa shape index (κ2) is 5.67. The van der Waals surface area contributed by atoms with Gasteiger partial charge in [0.25, 0.3) is 5.69 Å². The van der Waals surface area contributed by atoms with Gasteiger partial charge in [0.05, 0.1) is 10.5 Å². The molecule has 2 aromatic carbocycles. The van der Waals surface area contributed by atoms with Crippen LogP contribution in [0, 0.1) is 33.1 Å². The van der Waals surface area contributed by atoms with Crippen molar-refractivity contribution in [1.82, 2.24) is 0 Å². The van der Waals surface area contributed by atoms with E-state index >= 15 is 0 Å². The van der Waals surface area contributed by atoms with Crippen molar-refractivity contribution >= 4 is 17.4 Å². The van der Waals surface area contributed by atoms with E-state index in [0.717, 1.165) is 30.0 Å². The lowest BCUT2D eigenvalue weighted by atomic mass is 10.2. The van der Waals surface area contributed by atoms with Crippen LogP contribution in [-0.4, -0.2) is 4.92 Å². The quantitative estimate of drug-likeness (QED) is 0.635. The Labute approximate surface area is 116 Å². The molecule has 0 unspecified atom stereocenters. The highest BCUT2D eigenvalue weighted by molar-refractivity contribution is 7.99. The Balaban J connectivity index is 2.39. The maximum Gasteiger partial charge on any atom is 0.270 e. The molecule has 0 saturated carbocycles. The predicted molar refractivity (Wildman–Crippen MR) is 68.3 cm³/mol. The molecule has 2 rings (SSSR count). The standard InChI is InChI=1S/C13H6F2N2O2S/c14-9-1-3-13(11(15)6-9)20-12-4-2-10(17(18)19)5-8(12)7-16/h1-6H. The molecule has 2 aromatic rings. The van der Waals surface area contributed by atoms with Crippen molar-refractivity contribution in [3.63, 3.8) is 0 Å². The third kappa shape index (κ3) is 2.92. The predicted octanol–water partition coefficient (Wildman–Crippen LogP) is 3.90. The van der Waals surface area contributed by atoms with Crippen molar-refractivity contribution in [2.45, 2.75) is 9.79 Å². The Hall–Kier alpha value is -2.46. The highest BCUT2D eigenvalue weighted by atomic mass is 32.2. The number of halogens is 2. The first-order valence-electron chi connectivity index (χ1n) is 5.32. The molecular weight excluding hydrogens is 286 g/mol. The number of benzene rings is 2. The first kappa shape index (κ1) is 14.0. The maximum absolute atomic E-state index is 13.5. The van der Waals surface area contributed by atoms with Crippen molar-refractivity contribution in [2.75, 3.05) is 0 Å². The molecule has 0 aliphatic carbocycles. The molecule has 0 atom stereocenters. The fourth-order valence-electron chi connectivity index (χ4n) is 1.48. The second-order valence-corrected chi connectivity index (χ2v) is 4.81. The number of nitro groups is 1. The third-order valence-corrected chi connectivity index (χ3v) is 3.54. The molecule has 0 heterocycles. The summed E-state index contributed by atoms with van der Waals surface area (Å²) in [6.45, 7) is 0. The summed E-state index contributed by atoms with van der Waals surface area (Å²) in [5.41, 5.74) is -0.154. The Bertz CT molecular complexity index is 729. The topological polar surface area (TPSA) is 66.9 Å². The number of rotatable bonds is 3. The van der Waals surface area contributed by atoms with E-state index in [1.54, 1.807) is 0 Å². The molecule has 20 heavy (non-hydrogen) atoms. The summed E-state index contributed by atoms with van der Waals surface area (Å²) in [6.07, 6.45) is 0. The lowest BCUT2D eigenvalue weighted by Gasteiger charge is -2.05. The minimum absolute atomic E-state index is 0.0629. The van der Waals surface area contributed by atoms with Gasteiger partial charge in [-0.3, -0.25) is 10.1 Å². The highest BCUT2D eigenvalue weighted by Crippen LogP contribution is 2.33. The largest absolute Gasteiger partial charge is 0.270 e. The van der Waals surface area contributed by atoms with Crippen LogP contribution in [0.1, 0.15) is 5.56 Å². The van der Waals surface area contributed by atoms with Crippen LogP contribution in [-0.2, 0) is 0 Å². The van der Waals surface area contributed by atoms with E-state index in [4.69, 9.17) is 5.26 Å². The van der Waals surface area contributed by atoms with Gasteiger partial charge in [-0.05, 0) is 18.2 Å². The van der Waals surface area contributed by atoms with Crippen LogP contribution in [0.5, 0.6) is 0 Å². The van der Waals surface area contributed by atoms with Crippen LogP contribution < -0.4 is 0 Å². The molecule has 0 radical (unpaired) electrons. The molecule has 0 aliphatic rings. The van der Waals surface area contributed by atoms with Crippen LogP contribution in [0.15, 0.2) is 46.2 Å². The zero-order chi connectivity index (χ0) is 14.7. The van der Waals surface area contributed by atoms with E-state index < -0.39 is 16.6 Å².